The minimum Gasteiger partial charge on any atom is -0.489 e. The Morgan fingerprint density at radius 1 is 1.11 bits per heavy atom. The second-order valence-electron chi connectivity index (χ2n) is 4.14. The number of anilines is 1. The van der Waals surface area contributed by atoms with Gasteiger partial charge < -0.3 is 4.74 Å². The first-order chi connectivity index (χ1) is 8.77. The lowest BCUT2D eigenvalue weighted by molar-refractivity contribution is 0.0886. The van der Waals surface area contributed by atoms with E-state index in [0.29, 0.717) is 23.1 Å². The van der Waals surface area contributed by atoms with E-state index in [1.54, 1.807) is 18.2 Å². The lowest BCUT2D eigenvalue weighted by Crippen LogP contribution is -2.33. The van der Waals surface area contributed by atoms with E-state index in [0.717, 1.165) is 10.6 Å². The number of hydrogen-bond donors (Lipinski definition) is 0. The van der Waals surface area contributed by atoms with Crippen molar-refractivity contribution in [3.63, 3.8) is 0 Å². The molecule has 0 aromatic heterocycles. The molecule has 3 rings (SSSR count). The van der Waals surface area contributed by atoms with Gasteiger partial charge in [-0.05, 0) is 23.8 Å². The van der Waals surface area contributed by atoms with Gasteiger partial charge >= 0.3 is 0 Å². The summed E-state index contributed by atoms with van der Waals surface area (Å²) in [6, 6.07) is 14.2. The zero-order valence-corrected chi connectivity index (χ0v) is 10.3. The van der Waals surface area contributed by atoms with Crippen molar-refractivity contribution in [1.82, 2.24) is 0 Å². The molecule has 0 saturated carbocycles. The Bertz CT molecular complexity index is 573. The molecule has 0 N–H and O–H groups in total. The van der Waals surface area contributed by atoms with Crippen molar-refractivity contribution in [3.05, 3.63) is 59.1 Å². The molecule has 0 amide bonds. The van der Waals surface area contributed by atoms with E-state index in [4.69, 9.17) is 16.3 Å². The fraction of sp³-hybridized carbons (Fsp3) is 0.143. The average Bonchev–Trinajstić information content (AvgIpc) is 2.41. The molecule has 2 aromatic rings. The third-order valence-corrected chi connectivity index (χ3v) is 3.39. The maximum absolute atomic E-state index is 12.3. The van der Waals surface area contributed by atoms with Crippen LogP contribution in [0.25, 0.3) is 0 Å². The number of halogens is 1. The largest absolute Gasteiger partial charge is 0.489 e. The number of rotatable bonds is 1. The van der Waals surface area contributed by atoms with Crippen LogP contribution in [0.4, 0.5) is 5.69 Å². The third kappa shape index (κ3) is 1.82. The van der Waals surface area contributed by atoms with Gasteiger partial charge in [-0.2, -0.15) is 0 Å². The summed E-state index contributed by atoms with van der Waals surface area (Å²) in [5.74, 6) is 0.621. The number of para-hydroxylation sites is 2. The van der Waals surface area contributed by atoms with Crippen LogP contribution in [0, 0.1) is 0 Å². The fourth-order valence-electron chi connectivity index (χ4n) is 2.13. The second kappa shape index (κ2) is 4.52. The van der Waals surface area contributed by atoms with Gasteiger partial charge in [-0.25, -0.2) is 5.06 Å². The Kier molecular flexibility index (Phi) is 2.86. The number of ether oxygens (including phenoxy) is 1. The molecule has 1 heterocycles. The highest BCUT2D eigenvalue weighted by molar-refractivity contribution is 6.31. The summed E-state index contributed by atoms with van der Waals surface area (Å²) in [7, 11) is 0. The number of hydrogen-bond acceptors (Lipinski definition) is 2. The highest BCUT2D eigenvalue weighted by Crippen LogP contribution is 2.39. The molecule has 1 aliphatic rings. The van der Waals surface area contributed by atoms with Gasteiger partial charge in [0, 0.05) is 5.02 Å². The average molecular weight is 261 g/mol. The smallest absolute Gasteiger partial charge is 0.145 e. The molecule has 3 nitrogen and oxygen atoms in total. The molecule has 91 valence electrons. The second-order valence-corrected chi connectivity index (χ2v) is 4.55. The number of nitrogens with zero attached hydrogens (tertiary/aromatic N) is 1. The lowest BCUT2D eigenvalue weighted by atomic mass is 10.1. The maximum atomic E-state index is 12.3. The molecule has 4 heteroatoms. The molecular weight excluding hydrogens is 250 g/mol. The first kappa shape index (κ1) is 11.4. The molecule has 1 atom stereocenters. The monoisotopic (exact) mass is 260 g/mol. The topological polar surface area (TPSA) is 32.4 Å². The third-order valence-electron chi connectivity index (χ3n) is 3.05. The summed E-state index contributed by atoms with van der Waals surface area (Å²) in [5.41, 5.74) is 1.34. The summed E-state index contributed by atoms with van der Waals surface area (Å²) >= 11 is 6.13. The maximum Gasteiger partial charge on any atom is 0.145 e. The van der Waals surface area contributed by atoms with Gasteiger partial charge in [0.1, 0.15) is 24.1 Å². The summed E-state index contributed by atoms with van der Waals surface area (Å²) in [6.07, 6.45) is 0. The lowest BCUT2D eigenvalue weighted by Gasteiger charge is -2.32. The molecule has 0 saturated heterocycles. The normalized spacial score (nSPS) is 18.1. The van der Waals surface area contributed by atoms with Crippen LogP contribution < -0.4 is 9.80 Å². The minimum atomic E-state index is -0.395. The summed E-state index contributed by atoms with van der Waals surface area (Å²) in [5, 5.41) is 13.9. The van der Waals surface area contributed by atoms with Crippen LogP contribution in [-0.4, -0.2) is 6.61 Å². The SMILES string of the molecule is [O]N1c2ccccc2OCC1c1ccccc1Cl. The highest BCUT2D eigenvalue weighted by Gasteiger charge is 2.30. The van der Waals surface area contributed by atoms with Crippen molar-refractivity contribution in [2.24, 2.45) is 0 Å². The van der Waals surface area contributed by atoms with Gasteiger partial charge in [0.25, 0.3) is 0 Å². The fourth-order valence-corrected chi connectivity index (χ4v) is 2.39. The van der Waals surface area contributed by atoms with Crippen molar-refractivity contribution in [2.75, 3.05) is 11.7 Å². The molecular formula is C14H11ClNO2. The number of benzene rings is 2. The van der Waals surface area contributed by atoms with Crippen LogP contribution in [0.3, 0.4) is 0 Å². The van der Waals surface area contributed by atoms with Gasteiger partial charge in [-0.3, -0.25) is 0 Å². The van der Waals surface area contributed by atoms with E-state index in [1.165, 1.54) is 0 Å². The Hall–Kier alpha value is -1.71. The molecule has 0 spiro atoms. The van der Waals surface area contributed by atoms with E-state index < -0.39 is 6.04 Å². The van der Waals surface area contributed by atoms with Crippen molar-refractivity contribution >= 4 is 17.3 Å². The van der Waals surface area contributed by atoms with Crippen LogP contribution in [-0.2, 0) is 5.21 Å². The van der Waals surface area contributed by atoms with Crippen LogP contribution >= 0.6 is 11.6 Å². The van der Waals surface area contributed by atoms with Crippen LogP contribution in [0.1, 0.15) is 11.6 Å². The Balaban J connectivity index is 2.00. The molecule has 0 aliphatic carbocycles. The van der Waals surface area contributed by atoms with Gasteiger partial charge in [-0.1, -0.05) is 47.1 Å². The van der Waals surface area contributed by atoms with Gasteiger partial charge in [0.05, 0.1) is 0 Å². The van der Waals surface area contributed by atoms with Gasteiger partial charge in [-0.15, -0.1) is 0 Å². The summed E-state index contributed by atoms with van der Waals surface area (Å²) in [4.78, 5) is 0. The van der Waals surface area contributed by atoms with E-state index in [2.05, 4.69) is 0 Å². The first-order valence-electron chi connectivity index (χ1n) is 5.70. The van der Waals surface area contributed by atoms with E-state index in [9.17, 15) is 5.21 Å². The molecule has 1 aliphatic heterocycles. The van der Waals surface area contributed by atoms with E-state index in [-0.39, 0.29) is 0 Å². The summed E-state index contributed by atoms with van der Waals surface area (Å²) < 4.78 is 5.62. The molecule has 1 radical (unpaired) electrons. The Labute approximate surface area is 110 Å². The minimum absolute atomic E-state index is 0.310. The number of hydroxylamine groups is 1. The van der Waals surface area contributed by atoms with Crippen LogP contribution in [0.5, 0.6) is 5.75 Å². The zero-order chi connectivity index (χ0) is 12.5. The quantitative estimate of drug-likeness (QED) is 0.784. The standard InChI is InChI=1S/C14H11ClNO2/c15-11-6-2-1-5-10(11)13-9-18-14-8-4-3-7-12(14)16(13)17/h1-8,13H,9H2. The Morgan fingerprint density at radius 3 is 2.67 bits per heavy atom. The van der Waals surface area contributed by atoms with Crippen LogP contribution in [0.15, 0.2) is 48.5 Å². The highest BCUT2D eigenvalue weighted by atomic mass is 35.5. The Morgan fingerprint density at radius 2 is 1.83 bits per heavy atom. The molecule has 2 aromatic carbocycles. The van der Waals surface area contributed by atoms with Crippen molar-refractivity contribution in [3.8, 4) is 5.75 Å². The van der Waals surface area contributed by atoms with Crippen molar-refractivity contribution in [1.29, 1.82) is 0 Å². The van der Waals surface area contributed by atoms with Crippen molar-refractivity contribution in [2.45, 2.75) is 6.04 Å². The molecule has 0 bridgehead atoms. The molecule has 0 fully saturated rings. The number of fused-ring (bicyclic) bond motifs is 1. The first-order valence-corrected chi connectivity index (χ1v) is 6.08. The molecule has 1 unspecified atom stereocenters. The van der Waals surface area contributed by atoms with E-state index >= 15 is 0 Å². The summed E-state index contributed by atoms with van der Waals surface area (Å²) in [6.45, 7) is 0.310. The zero-order valence-electron chi connectivity index (χ0n) is 9.54. The van der Waals surface area contributed by atoms with E-state index in [1.807, 2.05) is 30.3 Å². The molecule has 18 heavy (non-hydrogen) atoms. The van der Waals surface area contributed by atoms with Gasteiger partial charge in [0.15, 0.2) is 0 Å². The van der Waals surface area contributed by atoms with Gasteiger partial charge in [0.2, 0.25) is 0 Å². The van der Waals surface area contributed by atoms with Crippen molar-refractivity contribution < 1.29 is 9.94 Å². The predicted molar refractivity (Wildman–Crippen MR) is 69.3 cm³/mol. The van der Waals surface area contributed by atoms with Crippen LogP contribution in [0.2, 0.25) is 5.02 Å². The predicted octanol–water partition coefficient (Wildman–Crippen LogP) is 3.63.